The highest BCUT2D eigenvalue weighted by molar-refractivity contribution is 5.84. The molecule has 1 amide bonds. The molecule has 9 nitrogen and oxygen atoms in total. The van der Waals surface area contributed by atoms with Crippen molar-refractivity contribution in [2.75, 3.05) is 6.79 Å². The Balaban J connectivity index is 1.94. The van der Waals surface area contributed by atoms with Crippen molar-refractivity contribution in [2.45, 2.75) is 19.3 Å². The Morgan fingerprint density at radius 2 is 1.93 bits per heavy atom. The number of hydrogen-bond donors (Lipinski definition) is 3. The zero-order chi connectivity index (χ0) is 20.0. The zero-order valence-electron chi connectivity index (χ0n) is 14.8. The fourth-order valence-corrected chi connectivity index (χ4v) is 3.28. The van der Waals surface area contributed by atoms with Gasteiger partial charge in [-0.15, -0.1) is 0 Å². The predicted molar refractivity (Wildman–Crippen MR) is 97.7 cm³/mol. The van der Waals surface area contributed by atoms with Crippen LogP contribution in [-0.4, -0.2) is 22.8 Å². The summed E-state index contributed by atoms with van der Waals surface area (Å²) in [6, 6.07) is 5.98. The van der Waals surface area contributed by atoms with Crippen LogP contribution in [0.25, 0.3) is 10.9 Å². The van der Waals surface area contributed by atoms with Gasteiger partial charge < -0.3 is 29.7 Å². The van der Waals surface area contributed by atoms with Crippen molar-refractivity contribution in [1.82, 2.24) is 4.98 Å². The fourth-order valence-electron chi connectivity index (χ4n) is 3.28. The molecule has 3 heterocycles. The van der Waals surface area contributed by atoms with Crippen molar-refractivity contribution in [3.8, 4) is 17.2 Å². The van der Waals surface area contributed by atoms with Crippen LogP contribution < -0.4 is 26.2 Å². The van der Waals surface area contributed by atoms with Crippen LogP contribution in [0, 0.1) is 6.92 Å². The molecular formula is C19H16N2O7. The van der Waals surface area contributed by atoms with Crippen molar-refractivity contribution in [3.63, 3.8) is 0 Å². The average molecular weight is 384 g/mol. The Morgan fingerprint density at radius 1 is 1.21 bits per heavy atom. The van der Waals surface area contributed by atoms with E-state index >= 15 is 0 Å². The van der Waals surface area contributed by atoms with Gasteiger partial charge in [-0.3, -0.25) is 14.4 Å². The monoisotopic (exact) mass is 384 g/mol. The third-order valence-electron chi connectivity index (χ3n) is 4.54. The van der Waals surface area contributed by atoms with Crippen molar-refractivity contribution in [1.29, 1.82) is 0 Å². The molecule has 2 aromatic heterocycles. The number of rotatable bonds is 4. The van der Waals surface area contributed by atoms with Crippen molar-refractivity contribution >= 4 is 16.8 Å². The SMILES string of the molecule is Cc1cc(=O)c(O)c([C@H](CC(N)=O)c2cc3cc4c(cc3[nH]c2=O)OCO4)o1. The summed E-state index contributed by atoms with van der Waals surface area (Å²) < 4.78 is 16.1. The van der Waals surface area contributed by atoms with Crippen LogP contribution in [0.2, 0.25) is 0 Å². The second-order valence-electron chi connectivity index (χ2n) is 6.50. The van der Waals surface area contributed by atoms with Crippen molar-refractivity contribution < 1.29 is 23.8 Å². The number of benzene rings is 1. The van der Waals surface area contributed by atoms with Crippen LogP contribution in [0.5, 0.6) is 17.2 Å². The molecule has 4 N–H and O–H groups in total. The lowest BCUT2D eigenvalue weighted by Crippen LogP contribution is -2.23. The number of hydrogen-bond acceptors (Lipinski definition) is 7. The van der Waals surface area contributed by atoms with Crippen LogP contribution in [0.15, 0.2) is 38.3 Å². The van der Waals surface area contributed by atoms with Crippen molar-refractivity contribution in [3.05, 3.63) is 61.9 Å². The molecule has 0 aliphatic carbocycles. The average Bonchev–Trinajstić information content (AvgIpc) is 3.07. The summed E-state index contributed by atoms with van der Waals surface area (Å²) in [5, 5.41) is 10.8. The number of carbonyl (C=O) groups is 1. The summed E-state index contributed by atoms with van der Waals surface area (Å²) >= 11 is 0. The molecule has 1 atom stereocenters. The Labute approximate surface area is 157 Å². The van der Waals surface area contributed by atoms with Gasteiger partial charge in [0, 0.05) is 29.5 Å². The molecule has 4 rings (SSSR count). The van der Waals surface area contributed by atoms with Crippen LogP contribution in [-0.2, 0) is 4.79 Å². The number of pyridine rings is 1. The molecular weight excluding hydrogens is 368 g/mol. The topological polar surface area (TPSA) is 145 Å². The number of amides is 1. The Hall–Kier alpha value is -3.75. The molecule has 0 saturated heterocycles. The minimum atomic E-state index is -1.04. The van der Waals surface area contributed by atoms with Gasteiger partial charge >= 0.3 is 0 Å². The minimum Gasteiger partial charge on any atom is -0.502 e. The number of ether oxygens (including phenoxy) is 2. The van der Waals surface area contributed by atoms with Gasteiger partial charge in [-0.25, -0.2) is 0 Å². The number of aromatic amines is 1. The van der Waals surface area contributed by atoms with E-state index < -0.39 is 28.6 Å². The van der Waals surface area contributed by atoms with Crippen LogP contribution in [0.3, 0.4) is 0 Å². The Kier molecular flexibility index (Phi) is 4.07. The maximum atomic E-state index is 12.7. The summed E-state index contributed by atoms with van der Waals surface area (Å²) in [5.74, 6) is -1.36. The number of aromatic hydroxyl groups is 1. The maximum absolute atomic E-state index is 12.7. The lowest BCUT2D eigenvalue weighted by Gasteiger charge is -2.16. The summed E-state index contributed by atoms with van der Waals surface area (Å²) in [7, 11) is 0. The Morgan fingerprint density at radius 3 is 2.64 bits per heavy atom. The number of nitrogens with one attached hydrogen (secondary N) is 1. The zero-order valence-corrected chi connectivity index (χ0v) is 14.8. The molecule has 0 unspecified atom stereocenters. The van der Waals surface area contributed by atoms with Crippen LogP contribution in [0.1, 0.15) is 29.4 Å². The third-order valence-corrected chi connectivity index (χ3v) is 4.54. The van der Waals surface area contributed by atoms with Gasteiger partial charge in [0.25, 0.3) is 5.56 Å². The smallest absolute Gasteiger partial charge is 0.252 e. The summed E-state index contributed by atoms with van der Waals surface area (Å²) in [6.45, 7) is 1.60. The molecule has 1 aliphatic rings. The molecule has 9 heteroatoms. The number of nitrogens with two attached hydrogens (primary N) is 1. The number of carbonyl (C=O) groups excluding carboxylic acids is 1. The van der Waals surface area contributed by atoms with Crippen LogP contribution in [0.4, 0.5) is 0 Å². The van der Waals surface area contributed by atoms with Crippen LogP contribution >= 0.6 is 0 Å². The molecule has 1 aliphatic heterocycles. The quantitative estimate of drug-likeness (QED) is 0.613. The standard InChI is InChI=1S/C19H16N2O7/c1-8-2-13(22)17(24)18(28-8)10(5-16(20)23)11-3-9-4-14-15(27-7-26-14)6-12(9)21-19(11)25/h2-4,6,10,24H,5,7H2,1H3,(H2,20,23)(H,21,25)/t10-/m1/s1. The van der Waals surface area contributed by atoms with Gasteiger partial charge in [0.15, 0.2) is 17.3 Å². The molecule has 1 aromatic carbocycles. The van der Waals surface area contributed by atoms with Gasteiger partial charge in [-0.05, 0) is 19.1 Å². The van der Waals surface area contributed by atoms with Gasteiger partial charge in [-0.2, -0.15) is 0 Å². The number of primary amides is 1. The second kappa shape index (κ2) is 6.45. The van der Waals surface area contributed by atoms with E-state index in [1.54, 1.807) is 18.2 Å². The molecule has 144 valence electrons. The summed E-state index contributed by atoms with van der Waals surface area (Å²) in [6.07, 6.45) is -0.334. The summed E-state index contributed by atoms with van der Waals surface area (Å²) in [4.78, 5) is 39.0. The minimum absolute atomic E-state index is 0.0787. The maximum Gasteiger partial charge on any atom is 0.252 e. The first kappa shape index (κ1) is 17.7. The molecule has 0 spiro atoms. The van der Waals surface area contributed by atoms with Gasteiger partial charge in [0.1, 0.15) is 5.76 Å². The first-order valence-corrected chi connectivity index (χ1v) is 8.42. The van der Waals surface area contributed by atoms with Gasteiger partial charge in [0.05, 0.1) is 11.4 Å². The molecule has 0 saturated carbocycles. The second-order valence-corrected chi connectivity index (χ2v) is 6.50. The first-order chi connectivity index (χ1) is 13.3. The number of fused-ring (bicyclic) bond motifs is 2. The van der Waals surface area contributed by atoms with E-state index in [4.69, 9.17) is 19.6 Å². The molecule has 0 bridgehead atoms. The molecule has 28 heavy (non-hydrogen) atoms. The molecule has 0 fully saturated rings. The largest absolute Gasteiger partial charge is 0.502 e. The highest BCUT2D eigenvalue weighted by Crippen LogP contribution is 2.37. The van der Waals surface area contributed by atoms with Gasteiger partial charge in [0.2, 0.25) is 23.9 Å². The third kappa shape index (κ3) is 2.96. The van der Waals surface area contributed by atoms with E-state index in [0.29, 0.717) is 22.4 Å². The van der Waals surface area contributed by atoms with E-state index in [1.807, 2.05) is 0 Å². The first-order valence-electron chi connectivity index (χ1n) is 8.42. The van der Waals surface area contributed by atoms with E-state index in [0.717, 1.165) is 6.07 Å². The molecule has 0 radical (unpaired) electrons. The van der Waals surface area contributed by atoms with Gasteiger partial charge in [-0.1, -0.05) is 0 Å². The summed E-state index contributed by atoms with van der Waals surface area (Å²) in [5.41, 5.74) is 4.78. The Bertz CT molecular complexity index is 1230. The number of H-pyrrole nitrogens is 1. The van der Waals surface area contributed by atoms with E-state index in [-0.39, 0.29) is 30.3 Å². The number of aryl methyl sites for hydroxylation is 1. The predicted octanol–water partition coefficient (Wildman–Crippen LogP) is 1.23. The van der Waals surface area contributed by atoms with E-state index in [9.17, 15) is 19.5 Å². The lowest BCUT2D eigenvalue weighted by molar-refractivity contribution is -0.118. The fraction of sp³-hybridized carbons (Fsp3) is 0.211. The lowest BCUT2D eigenvalue weighted by atomic mass is 9.92. The van der Waals surface area contributed by atoms with E-state index in [1.165, 1.54) is 6.92 Å². The highest BCUT2D eigenvalue weighted by atomic mass is 16.7. The highest BCUT2D eigenvalue weighted by Gasteiger charge is 2.28. The van der Waals surface area contributed by atoms with Crippen molar-refractivity contribution in [2.24, 2.45) is 5.73 Å². The number of aromatic nitrogens is 1. The van der Waals surface area contributed by atoms with E-state index in [2.05, 4.69) is 4.98 Å². The normalized spacial score (nSPS) is 13.6. The molecule has 3 aromatic rings.